The van der Waals surface area contributed by atoms with Crippen molar-refractivity contribution in [3.63, 3.8) is 0 Å². The summed E-state index contributed by atoms with van der Waals surface area (Å²) in [6.45, 7) is 8.30. The fourth-order valence-electron chi connectivity index (χ4n) is 0.711. The van der Waals surface area contributed by atoms with Crippen molar-refractivity contribution in [1.29, 1.82) is 5.26 Å². The van der Waals surface area contributed by atoms with Crippen molar-refractivity contribution in [2.75, 3.05) is 5.73 Å². The highest BCUT2D eigenvalue weighted by Crippen LogP contribution is 2.16. The fraction of sp³-hybridized carbons (Fsp3) is 0.143. The Morgan fingerprint density at radius 1 is 1.58 bits per heavy atom. The molecule has 0 amide bonds. The van der Waals surface area contributed by atoms with E-state index < -0.39 is 0 Å². The molecule has 5 nitrogen and oxygen atoms in total. The van der Waals surface area contributed by atoms with Crippen LogP contribution in [0.5, 0.6) is 0 Å². The van der Waals surface area contributed by atoms with Gasteiger partial charge in [0.25, 0.3) is 11.6 Å². The van der Waals surface area contributed by atoms with E-state index in [4.69, 9.17) is 17.6 Å². The summed E-state index contributed by atoms with van der Waals surface area (Å²) in [5.41, 5.74) is 5.83. The molecule has 0 atom stereocenters. The molecule has 0 aliphatic rings. The van der Waals surface area contributed by atoms with Crippen molar-refractivity contribution in [3.05, 3.63) is 22.8 Å². The number of aryl methyl sites for hydroxylation is 1. The predicted octanol–water partition coefficient (Wildman–Crippen LogP) is 0.790. The Hall–Kier alpha value is -2.14. The summed E-state index contributed by atoms with van der Waals surface area (Å²) in [5, 5.41) is 8.50. The van der Waals surface area contributed by atoms with E-state index in [1.54, 1.807) is 13.0 Å². The highest BCUT2D eigenvalue weighted by atomic mass is 15.0. The van der Waals surface area contributed by atoms with E-state index in [1.807, 2.05) is 0 Å². The number of hydrogen-bond donors (Lipinski definition) is 1. The zero-order valence-electron chi connectivity index (χ0n) is 6.37. The van der Waals surface area contributed by atoms with Gasteiger partial charge in [0, 0.05) is 0 Å². The van der Waals surface area contributed by atoms with Crippen LogP contribution in [0.3, 0.4) is 0 Å². The van der Waals surface area contributed by atoms with E-state index in [1.165, 1.54) is 0 Å². The van der Waals surface area contributed by atoms with Crippen LogP contribution >= 0.6 is 0 Å². The van der Waals surface area contributed by atoms with Gasteiger partial charge in [0.2, 0.25) is 5.69 Å². The molecule has 0 fully saturated rings. The van der Waals surface area contributed by atoms with Crippen LogP contribution in [0.1, 0.15) is 11.4 Å². The molecule has 1 heterocycles. The van der Waals surface area contributed by atoms with E-state index in [0.717, 1.165) is 0 Å². The molecule has 0 saturated heterocycles. The van der Waals surface area contributed by atoms with Crippen LogP contribution in [0.25, 0.3) is 4.85 Å². The number of aromatic nitrogens is 2. The van der Waals surface area contributed by atoms with E-state index in [9.17, 15) is 0 Å². The molecule has 0 saturated carbocycles. The van der Waals surface area contributed by atoms with Crippen LogP contribution in [0, 0.1) is 24.8 Å². The summed E-state index contributed by atoms with van der Waals surface area (Å²) >= 11 is 0. The van der Waals surface area contributed by atoms with Crippen LogP contribution in [-0.2, 0) is 0 Å². The van der Waals surface area contributed by atoms with Gasteiger partial charge in [0.05, 0.1) is 5.69 Å². The molecular formula is C7H5N5. The molecule has 1 rings (SSSR count). The van der Waals surface area contributed by atoms with Crippen molar-refractivity contribution < 1.29 is 0 Å². The Morgan fingerprint density at radius 2 is 2.25 bits per heavy atom. The number of nitriles is 1. The van der Waals surface area contributed by atoms with E-state index in [0.29, 0.717) is 5.69 Å². The number of nitrogens with two attached hydrogens (primary N) is 1. The summed E-state index contributed by atoms with van der Waals surface area (Å²) in [6, 6.07) is 1.79. The standard InChI is InChI=1S/C7H5N5/c1-4-7(10-2)12-6(9)5(3-8)11-4/h1H3,(H2,9,12). The number of rotatable bonds is 0. The monoisotopic (exact) mass is 159 g/mol. The van der Waals surface area contributed by atoms with E-state index in [-0.39, 0.29) is 17.3 Å². The quantitative estimate of drug-likeness (QED) is 0.567. The number of nitrogen functional groups attached to an aromatic ring is 1. The lowest BCUT2D eigenvalue weighted by Gasteiger charge is -1.96. The van der Waals surface area contributed by atoms with Gasteiger partial charge < -0.3 is 10.6 Å². The zero-order chi connectivity index (χ0) is 9.14. The first-order valence-corrected chi connectivity index (χ1v) is 3.10. The molecule has 0 aliphatic carbocycles. The average Bonchev–Trinajstić information content (AvgIpc) is 2.08. The largest absolute Gasteiger partial charge is 0.362 e. The maximum absolute atomic E-state index is 8.50. The van der Waals surface area contributed by atoms with Crippen LogP contribution in [0.2, 0.25) is 0 Å². The van der Waals surface area contributed by atoms with Crippen LogP contribution in [0.4, 0.5) is 11.6 Å². The normalized spacial score (nSPS) is 8.58. The molecule has 1 aromatic heterocycles. The van der Waals surface area contributed by atoms with Gasteiger partial charge in [0.1, 0.15) is 6.07 Å². The van der Waals surface area contributed by atoms with Crippen molar-refractivity contribution in [2.24, 2.45) is 0 Å². The van der Waals surface area contributed by atoms with Crippen molar-refractivity contribution in [2.45, 2.75) is 6.92 Å². The van der Waals surface area contributed by atoms with Gasteiger partial charge in [-0.25, -0.2) is 4.98 Å². The van der Waals surface area contributed by atoms with Crippen molar-refractivity contribution in [3.8, 4) is 6.07 Å². The number of nitrogens with zero attached hydrogens (tertiary/aromatic N) is 4. The minimum atomic E-state index is 0.00843. The molecule has 58 valence electrons. The lowest BCUT2D eigenvalue weighted by Crippen LogP contribution is -1.99. The first-order chi connectivity index (χ1) is 5.69. The van der Waals surface area contributed by atoms with E-state index >= 15 is 0 Å². The maximum Gasteiger partial charge on any atom is 0.293 e. The Morgan fingerprint density at radius 3 is 2.75 bits per heavy atom. The van der Waals surface area contributed by atoms with Crippen LogP contribution < -0.4 is 5.73 Å². The molecule has 1 aromatic rings. The van der Waals surface area contributed by atoms with Crippen LogP contribution in [-0.4, -0.2) is 9.97 Å². The molecule has 0 radical (unpaired) electrons. The molecule has 0 aromatic carbocycles. The molecule has 12 heavy (non-hydrogen) atoms. The number of anilines is 1. The third-order valence-electron chi connectivity index (χ3n) is 1.28. The van der Waals surface area contributed by atoms with Gasteiger partial charge in [-0.15, -0.1) is 0 Å². The third-order valence-corrected chi connectivity index (χ3v) is 1.28. The summed E-state index contributed by atoms with van der Waals surface area (Å²) in [4.78, 5) is 10.6. The third kappa shape index (κ3) is 1.16. The van der Waals surface area contributed by atoms with E-state index in [2.05, 4.69) is 14.8 Å². The summed E-state index contributed by atoms with van der Waals surface area (Å²) < 4.78 is 0. The van der Waals surface area contributed by atoms with Gasteiger partial charge in [-0.05, 0) is 6.92 Å². The van der Waals surface area contributed by atoms with Gasteiger partial charge in [-0.1, -0.05) is 11.6 Å². The minimum Gasteiger partial charge on any atom is -0.362 e. The summed E-state index contributed by atoms with van der Waals surface area (Å²) in [7, 11) is 0. The van der Waals surface area contributed by atoms with Gasteiger partial charge in [-0.3, -0.25) is 0 Å². The smallest absolute Gasteiger partial charge is 0.293 e. The first kappa shape index (κ1) is 7.96. The average molecular weight is 159 g/mol. The lowest BCUT2D eigenvalue weighted by atomic mass is 10.4. The highest BCUT2D eigenvalue weighted by Gasteiger charge is 2.09. The van der Waals surface area contributed by atoms with Crippen molar-refractivity contribution >= 4 is 11.6 Å². The zero-order valence-corrected chi connectivity index (χ0v) is 6.37. The second-order valence-corrected chi connectivity index (χ2v) is 2.09. The second kappa shape index (κ2) is 2.85. The molecular weight excluding hydrogens is 154 g/mol. The predicted molar refractivity (Wildman–Crippen MR) is 42.2 cm³/mol. The van der Waals surface area contributed by atoms with Gasteiger partial charge in [-0.2, -0.15) is 5.26 Å². The van der Waals surface area contributed by atoms with Gasteiger partial charge in [0.15, 0.2) is 0 Å². The molecule has 0 unspecified atom stereocenters. The SMILES string of the molecule is [C-]#[N+]c1nc(N)c(C#N)nc1C. The first-order valence-electron chi connectivity index (χ1n) is 3.10. The Bertz CT molecular complexity index is 356. The highest BCUT2D eigenvalue weighted by molar-refractivity contribution is 5.52. The number of hydrogen-bond acceptors (Lipinski definition) is 4. The van der Waals surface area contributed by atoms with Gasteiger partial charge >= 0.3 is 0 Å². The molecule has 0 bridgehead atoms. The Labute approximate surface area is 69.3 Å². The second-order valence-electron chi connectivity index (χ2n) is 2.09. The maximum atomic E-state index is 8.50. The fourth-order valence-corrected chi connectivity index (χ4v) is 0.711. The Kier molecular flexibility index (Phi) is 1.89. The lowest BCUT2D eigenvalue weighted by molar-refractivity contribution is 1.12. The molecule has 2 N–H and O–H groups in total. The van der Waals surface area contributed by atoms with Crippen molar-refractivity contribution in [1.82, 2.24) is 9.97 Å². The summed E-state index contributed by atoms with van der Waals surface area (Å²) in [6.07, 6.45) is 0. The minimum absolute atomic E-state index is 0.00843. The Balaban J connectivity index is 3.41. The molecule has 0 aliphatic heterocycles. The topological polar surface area (TPSA) is 80.0 Å². The molecule has 0 spiro atoms. The molecule has 5 heteroatoms. The summed E-state index contributed by atoms with van der Waals surface area (Å²) in [5.74, 6) is 0.153. The van der Waals surface area contributed by atoms with Crippen LogP contribution in [0.15, 0.2) is 0 Å².